The summed E-state index contributed by atoms with van der Waals surface area (Å²) in [6.45, 7) is 14.9. The first-order chi connectivity index (χ1) is 26.4. The molecule has 322 valence electrons. The Bertz CT molecular complexity index is 1390. The summed E-state index contributed by atoms with van der Waals surface area (Å²) in [6, 6.07) is 0. The molecule has 14 nitrogen and oxygen atoms in total. The Labute approximate surface area is 331 Å². The monoisotopic (exact) mass is 798 g/mol. The quantitative estimate of drug-likeness (QED) is 0.111. The van der Waals surface area contributed by atoms with E-state index in [1.165, 1.54) is 14.2 Å². The molecule has 4 aliphatic carbocycles. The molecular formula is C42H70O14. The first-order valence-corrected chi connectivity index (χ1v) is 20.8. The zero-order valence-corrected chi connectivity index (χ0v) is 34.3. The van der Waals surface area contributed by atoms with Crippen LogP contribution in [0.3, 0.4) is 0 Å². The molecule has 2 saturated heterocycles. The molecule has 5 fully saturated rings. The number of hydrogen-bond donors (Lipinski definition) is 8. The fourth-order valence-electron chi connectivity index (χ4n) is 11.7. The van der Waals surface area contributed by atoms with Gasteiger partial charge in [-0.2, -0.15) is 0 Å². The van der Waals surface area contributed by atoms with Gasteiger partial charge < -0.3 is 69.3 Å². The third-order valence-corrected chi connectivity index (χ3v) is 15.0. The van der Waals surface area contributed by atoms with Crippen LogP contribution in [0, 0.1) is 40.4 Å². The van der Waals surface area contributed by atoms with E-state index in [4.69, 9.17) is 28.4 Å². The normalized spacial score (nSPS) is 46.8. The average Bonchev–Trinajstić information content (AvgIpc) is 3.73. The summed E-state index contributed by atoms with van der Waals surface area (Å²) in [6.07, 6.45) is -11.0. The van der Waals surface area contributed by atoms with E-state index < -0.39 is 91.2 Å². The van der Waals surface area contributed by atoms with Crippen molar-refractivity contribution in [2.45, 2.75) is 172 Å². The molecule has 56 heavy (non-hydrogen) atoms. The fourth-order valence-corrected chi connectivity index (χ4v) is 11.7. The minimum Gasteiger partial charge on any atom is -0.393 e. The van der Waals surface area contributed by atoms with Crippen molar-refractivity contribution in [3.05, 3.63) is 23.3 Å². The molecule has 0 spiro atoms. The Kier molecular flexibility index (Phi) is 13.9. The summed E-state index contributed by atoms with van der Waals surface area (Å²) in [5, 5.41) is 89.3. The molecule has 20 atom stereocenters. The lowest BCUT2D eigenvalue weighted by molar-refractivity contribution is -0.226. The lowest BCUT2D eigenvalue weighted by Crippen LogP contribution is -2.58. The summed E-state index contributed by atoms with van der Waals surface area (Å²) in [5.41, 5.74) is 2.46. The van der Waals surface area contributed by atoms with Gasteiger partial charge in [-0.3, -0.25) is 0 Å². The van der Waals surface area contributed by atoms with Crippen LogP contribution in [0.25, 0.3) is 0 Å². The topological polar surface area (TPSA) is 217 Å². The highest BCUT2D eigenvalue weighted by atomic mass is 16.8. The smallest absolute Gasteiger partial charge is 0.187 e. The molecule has 0 aromatic heterocycles. The van der Waals surface area contributed by atoms with Crippen molar-refractivity contribution in [3.8, 4) is 0 Å². The number of hydrogen-bond acceptors (Lipinski definition) is 14. The van der Waals surface area contributed by atoms with Crippen molar-refractivity contribution < 1.29 is 69.3 Å². The zero-order valence-electron chi connectivity index (χ0n) is 34.3. The van der Waals surface area contributed by atoms with Crippen LogP contribution >= 0.6 is 0 Å². The third kappa shape index (κ3) is 7.95. The predicted octanol–water partition coefficient (Wildman–Crippen LogP) is 1.57. The number of allylic oxidation sites excluding steroid dienone is 1. The summed E-state index contributed by atoms with van der Waals surface area (Å²) in [5.74, 6) is 0.191. The van der Waals surface area contributed by atoms with Crippen molar-refractivity contribution in [3.63, 3.8) is 0 Å². The lowest BCUT2D eigenvalue weighted by Gasteiger charge is -2.59. The summed E-state index contributed by atoms with van der Waals surface area (Å²) >= 11 is 0. The molecule has 2 heterocycles. The highest BCUT2D eigenvalue weighted by Crippen LogP contribution is 2.66. The maximum absolute atomic E-state index is 12.0. The molecule has 8 N–H and O–H groups in total. The van der Waals surface area contributed by atoms with Gasteiger partial charge in [0.25, 0.3) is 0 Å². The molecule has 0 radical (unpaired) electrons. The van der Waals surface area contributed by atoms with Crippen molar-refractivity contribution >= 4 is 0 Å². The summed E-state index contributed by atoms with van der Waals surface area (Å²) in [4.78, 5) is 0. The molecule has 6 rings (SSSR count). The molecule has 2 aliphatic heterocycles. The number of rotatable bonds is 15. The molecule has 0 aromatic carbocycles. The van der Waals surface area contributed by atoms with Gasteiger partial charge in [0.15, 0.2) is 12.6 Å². The van der Waals surface area contributed by atoms with E-state index in [-0.39, 0.29) is 42.3 Å². The van der Waals surface area contributed by atoms with Gasteiger partial charge in [0.05, 0.1) is 31.5 Å². The van der Waals surface area contributed by atoms with Crippen molar-refractivity contribution in [2.75, 3.05) is 27.4 Å². The van der Waals surface area contributed by atoms with Gasteiger partial charge in [-0.25, -0.2) is 0 Å². The van der Waals surface area contributed by atoms with Crippen LogP contribution in [-0.2, 0) is 28.4 Å². The number of aliphatic hydroxyl groups excluding tert-OH is 8. The van der Waals surface area contributed by atoms with E-state index in [2.05, 4.69) is 41.2 Å². The Balaban J connectivity index is 1.31. The average molecular weight is 799 g/mol. The Morgan fingerprint density at radius 2 is 1.45 bits per heavy atom. The van der Waals surface area contributed by atoms with Crippen molar-refractivity contribution in [1.82, 2.24) is 0 Å². The van der Waals surface area contributed by atoms with Gasteiger partial charge in [0.2, 0.25) is 0 Å². The lowest BCUT2D eigenvalue weighted by atomic mass is 9.47. The molecule has 14 heteroatoms. The maximum Gasteiger partial charge on any atom is 0.187 e. The standard InChI is InChI=1S/C42H70O14/c1-19(2)20(3)9-10-21(4)30-28(16-24-29-23(12-14-42(24,30)6)41(5)13-11-22(43)15-25(41)31(46)32(29)47)53-40-35(50)38(37(55-40)27(45)18-52-8)56-39-34(49)33(48)36(54-39)26(44)17-51-7/h19,21-23,25-28,30-40,43-50H,3,9-18H2,1-2,4-8H3/t21-,22+,23+,25-,26+,27+,28-,30+,31+,32-,33-,34-,35-,36+,37+,38-,39+,40-,41-,42+/m1/s1. The number of fused-ring (bicyclic) bond motifs is 4. The molecule has 0 aromatic rings. The zero-order chi connectivity index (χ0) is 41.0. The second kappa shape index (κ2) is 17.5. The highest BCUT2D eigenvalue weighted by molar-refractivity contribution is 5.39. The number of ether oxygens (including phenoxy) is 6. The van der Waals surface area contributed by atoms with E-state index in [0.717, 1.165) is 48.8 Å². The van der Waals surface area contributed by atoms with E-state index in [1.54, 1.807) is 0 Å². The van der Waals surface area contributed by atoms with Crippen LogP contribution in [0.15, 0.2) is 23.3 Å². The Hall–Kier alpha value is -1.08. The van der Waals surface area contributed by atoms with Gasteiger partial charge in [0.1, 0.15) is 54.9 Å². The molecule has 3 saturated carbocycles. The molecule has 6 aliphatic rings. The number of aliphatic hydroxyl groups is 8. The second-order valence-corrected chi connectivity index (χ2v) is 18.7. The number of methoxy groups -OCH3 is 2. The van der Waals surface area contributed by atoms with E-state index >= 15 is 0 Å². The van der Waals surface area contributed by atoms with Gasteiger partial charge in [0, 0.05) is 14.2 Å². The van der Waals surface area contributed by atoms with Gasteiger partial charge in [-0.1, -0.05) is 52.3 Å². The first kappa shape index (κ1) is 44.5. The minimum atomic E-state index is -1.59. The molecule has 0 unspecified atom stereocenters. The first-order valence-electron chi connectivity index (χ1n) is 20.8. The molecular weight excluding hydrogens is 728 g/mol. The van der Waals surface area contributed by atoms with Crippen LogP contribution in [-0.4, -0.2) is 154 Å². The van der Waals surface area contributed by atoms with E-state index in [1.807, 2.05) is 0 Å². The predicted molar refractivity (Wildman–Crippen MR) is 203 cm³/mol. The fraction of sp³-hybridized carbons (Fsp3) is 0.905. The van der Waals surface area contributed by atoms with E-state index in [9.17, 15) is 40.9 Å². The minimum absolute atomic E-state index is 0.0380. The van der Waals surface area contributed by atoms with E-state index in [0.29, 0.717) is 25.2 Å². The van der Waals surface area contributed by atoms with Crippen LogP contribution in [0.4, 0.5) is 0 Å². The van der Waals surface area contributed by atoms with Crippen LogP contribution in [0.5, 0.6) is 0 Å². The largest absolute Gasteiger partial charge is 0.393 e. The third-order valence-electron chi connectivity index (χ3n) is 15.0. The van der Waals surface area contributed by atoms with Crippen molar-refractivity contribution in [1.29, 1.82) is 0 Å². The van der Waals surface area contributed by atoms with Crippen LogP contribution < -0.4 is 0 Å². The molecule has 0 amide bonds. The molecule has 0 bridgehead atoms. The van der Waals surface area contributed by atoms with Crippen LogP contribution in [0.1, 0.15) is 86.0 Å². The second-order valence-electron chi connectivity index (χ2n) is 18.7. The Morgan fingerprint density at radius 1 is 0.821 bits per heavy atom. The van der Waals surface area contributed by atoms with Crippen LogP contribution in [0.2, 0.25) is 0 Å². The van der Waals surface area contributed by atoms with Gasteiger partial charge in [-0.15, -0.1) is 0 Å². The van der Waals surface area contributed by atoms with Gasteiger partial charge >= 0.3 is 0 Å². The van der Waals surface area contributed by atoms with Gasteiger partial charge in [-0.05, 0) is 97.4 Å². The highest BCUT2D eigenvalue weighted by Gasteiger charge is 2.63. The maximum atomic E-state index is 12.0. The van der Waals surface area contributed by atoms with Crippen molar-refractivity contribution in [2.24, 2.45) is 40.4 Å². The summed E-state index contributed by atoms with van der Waals surface area (Å²) in [7, 11) is 2.79. The summed E-state index contributed by atoms with van der Waals surface area (Å²) < 4.78 is 35.2. The SMILES string of the molecule is C=C(CC[C@@H](C)[C@H]1[C@H](O[C@@H]2O[C@@H]([C@@H](O)COC)[C@H](O[C@@H]3O[C@@H]([C@@H](O)COC)[C@H](O)[C@H]3O)[C@H]2O)CC2=C3[C@@H](O)[C@@H](O)[C@H]4C[C@@H](O)CC[C@]4(C)[C@H]3CC[C@@]21C)C(C)C. The Morgan fingerprint density at radius 3 is 2.09 bits per heavy atom.